The third kappa shape index (κ3) is 1.96. The molecule has 7 heteroatoms. The molecule has 1 aliphatic heterocycles. The highest BCUT2D eigenvalue weighted by Crippen LogP contribution is 2.33. The number of pyridine rings is 1. The van der Waals surface area contributed by atoms with E-state index in [0.29, 0.717) is 0 Å². The normalized spacial score (nSPS) is 16.0. The summed E-state index contributed by atoms with van der Waals surface area (Å²) in [7, 11) is -3.76. The van der Waals surface area contributed by atoms with Crippen LogP contribution < -0.4 is 4.90 Å². The minimum absolute atomic E-state index is 0.0394. The summed E-state index contributed by atoms with van der Waals surface area (Å²) in [6.07, 6.45) is 2.52. The van der Waals surface area contributed by atoms with E-state index < -0.39 is 15.8 Å². The lowest BCUT2D eigenvalue weighted by Gasteiger charge is -2.24. The molecule has 0 fully saturated rings. The van der Waals surface area contributed by atoms with Gasteiger partial charge in [0, 0.05) is 6.20 Å². The first-order valence-corrected chi connectivity index (χ1v) is 7.24. The second-order valence-corrected chi connectivity index (χ2v) is 5.95. The lowest BCUT2D eigenvalue weighted by molar-refractivity contribution is 0.596. The fourth-order valence-corrected chi connectivity index (χ4v) is 2.93. The molecule has 0 atom stereocenters. The van der Waals surface area contributed by atoms with Crippen LogP contribution in [0.3, 0.4) is 0 Å². The number of halogens is 1. The van der Waals surface area contributed by atoms with Gasteiger partial charge in [-0.2, -0.15) is 8.42 Å². The summed E-state index contributed by atoms with van der Waals surface area (Å²) >= 11 is 0. The molecule has 0 unspecified atom stereocenters. The zero-order chi connectivity index (χ0) is 14.3. The van der Waals surface area contributed by atoms with Crippen LogP contribution in [0, 0.1) is 12.7 Å². The van der Waals surface area contributed by atoms with Crippen molar-refractivity contribution < 1.29 is 12.8 Å². The zero-order valence-corrected chi connectivity index (χ0v) is 11.3. The SMILES string of the molecule is Cc1ccc(N2C=NS(=O)(=O)c3cccnc32)c(F)c1. The van der Waals surface area contributed by atoms with Gasteiger partial charge in [0.2, 0.25) is 0 Å². The van der Waals surface area contributed by atoms with Crippen LogP contribution in [0.4, 0.5) is 15.9 Å². The second-order valence-electron chi connectivity index (χ2n) is 4.35. The Hall–Kier alpha value is -2.28. The Morgan fingerprint density at radius 2 is 2.05 bits per heavy atom. The summed E-state index contributed by atoms with van der Waals surface area (Å²) in [5.74, 6) is -0.322. The van der Waals surface area contributed by atoms with Gasteiger partial charge in [-0.1, -0.05) is 6.07 Å². The predicted octanol–water partition coefficient (Wildman–Crippen LogP) is 2.40. The average Bonchev–Trinajstić information content (AvgIpc) is 2.40. The molecule has 0 bridgehead atoms. The fourth-order valence-electron chi connectivity index (χ4n) is 1.97. The van der Waals surface area contributed by atoms with Gasteiger partial charge in [0.15, 0.2) is 5.82 Å². The maximum atomic E-state index is 14.0. The quantitative estimate of drug-likeness (QED) is 0.809. The van der Waals surface area contributed by atoms with Crippen LogP contribution in [0.1, 0.15) is 5.56 Å². The van der Waals surface area contributed by atoms with Gasteiger partial charge in [-0.05, 0) is 36.8 Å². The van der Waals surface area contributed by atoms with E-state index in [9.17, 15) is 12.8 Å². The smallest absolute Gasteiger partial charge is 0.280 e. The Morgan fingerprint density at radius 3 is 2.80 bits per heavy atom. The van der Waals surface area contributed by atoms with Gasteiger partial charge in [0.05, 0.1) is 5.69 Å². The van der Waals surface area contributed by atoms with Crippen molar-refractivity contribution in [3.05, 3.63) is 47.9 Å². The van der Waals surface area contributed by atoms with Crippen LogP contribution in [0.15, 0.2) is 45.8 Å². The van der Waals surface area contributed by atoms with Crippen LogP contribution >= 0.6 is 0 Å². The van der Waals surface area contributed by atoms with Crippen molar-refractivity contribution in [2.75, 3.05) is 4.90 Å². The van der Waals surface area contributed by atoms with E-state index >= 15 is 0 Å². The molecule has 1 aliphatic rings. The Bertz CT molecular complexity index is 818. The topological polar surface area (TPSA) is 62.6 Å². The number of aryl methyl sites for hydroxylation is 1. The molecule has 3 rings (SSSR count). The van der Waals surface area contributed by atoms with Crippen molar-refractivity contribution >= 4 is 27.9 Å². The number of fused-ring (bicyclic) bond motifs is 1. The highest BCUT2D eigenvalue weighted by atomic mass is 32.2. The van der Waals surface area contributed by atoms with Gasteiger partial charge in [0.25, 0.3) is 10.0 Å². The Balaban J connectivity index is 2.22. The third-order valence-corrected chi connectivity index (χ3v) is 4.17. The van der Waals surface area contributed by atoms with E-state index in [1.54, 1.807) is 19.1 Å². The summed E-state index contributed by atoms with van der Waals surface area (Å²) in [4.78, 5) is 5.31. The first-order valence-electron chi connectivity index (χ1n) is 5.80. The van der Waals surface area contributed by atoms with Crippen molar-refractivity contribution in [3.8, 4) is 0 Å². The van der Waals surface area contributed by atoms with Crippen LogP contribution in [0.2, 0.25) is 0 Å². The minimum Gasteiger partial charge on any atom is -0.280 e. The predicted molar refractivity (Wildman–Crippen MR) is 73.2 cm³/mol. The maximum absolute atomic E-state index is 14.0. The standard InChI is InChI=1S/C13H10FN3O2S/c1-9-4-5-11(10(14)7-9)17-8-16-20(18,19)12-3-2-6-15-13(12)17/h2-8H,1H3. The number of sulfonamides is 1. The summed E-state index contributed by atoms with van der Waals surface area (Å²) < 4.78 is 41.2. The number of hydrogen-bond donors (Lipinski definition) is 0. The van der Waals surface area contributed by atoms with Crippen molar-refractivity contribution in [1.82, 2.24) is 4.98 Å². The summed E-state index contributed by atoms with van der Waals surface area (Å²) in [6, 6.07) is 7.56. The number of benzene rings is 1. The molecule has 0 amide bonds. The van der Waals surface area contributed by atoms with E-state index in [2.05, 4.69) is 9.38 Å². The number of anilines is 2. The van der Waals surface area contributed by atoms with Gasteiger partial charge < -0.3 is 0 Å². The largest absolute Gasteiger partial charge is 0.287 e. The van der Waals surface area contributed by atoms with Crippen molar-refractivity contribution in [3.63, 3.8) is 0 Å². The van der Waals surface area contributed by atoms with E-state index in [1.807, 2.05) is 0 Å². The van der Waals surface area contributed by atoms with Crippen LogP contribution in [-0.2, 0) is 10.0 Å². The van der Waals surface area contributed by atoms with E-state index in [4.69, 9.17) is 0 Å². The van der Waals surface area contributed by atoms with Gasteiger partial charge in [-0.3, -0.25) is 4.90 Å². The third-order valence-electron chi connectivity index (χ3n) is 2.92. The van der Waals surface area contributed by atoms with Gasteiger partial charge in [-0.15, -0.1) is 4.40 Å². The van der Waals surface area contributed by atoms with Crippen LogP contribution in [-0.4, -0.2) is 19.7 Å². The Labute approximate surface area is 115 Å². The first-order chi connectivity index (χ1) is 9.49. The molecule has 2 heterocycles. The number of aromatic nitrogens is 1. The molecule has 0 spiro atoms. The van der Waals surface area contributed by atoms with E-state index in [1.165, 1.54) is 29.3 Å². The van der Waals surface area contributed by atoms with Crippen molar-refractivity contribution in [2.24, 2.45) is 4.40 Å². The first kappa shape index (κ1) is 12.7. The maximum Gasteiger partial charge on any atom is 0.287 e. The molecule has 0 radical (unpaired) electrons. The van der Waals surface area contributed by atoms with E-state index in [-0.39, 0.29) is 16.4 Å². The molecule has 102 valence electrons. The second kappa shape index (κ2) is 4.38. The van der Waals surface area contributed by atoms with Crippen LogP contribution in [0.25, 0.3) is 0 Å². The zero-order valence-electron chi connectivity index (χ0n) is 10.5. The molecule has 1 aromatic carbocycles. The average molecular weight is 291 g/mol. The fraction of sp³-hybridized carbons (Fsp3) is 0.0769. The molecule has 20 heavy (non-hydrogen) atoms. The number of rotatable bonds is 1. The van der Waals surface area contributed by atoms with Crippen molar-refractivity contribution in [2.45, 2.75) is 11.8 Å². The number of nitrogens with zero attached hydrogens (tertiary/aromatic N) is 3. The van der Waals surface area contributed by atoms with Crippen LogP contribution in [0.5, 0.6) is 0 Å². The van der Waals surface area contributed by atoms with Gasteiger partial charge in [-0.25, -0.2) is 9.37 Å². The molecular formula is C13H10FN3O2S. The van der Waals surface area contributed by atoms with Gasteiger partial charge >= 0.3 is 0 Å². The lowest BCUT2D eigenvalue weighted by atomic mass is 10.2. The number of hydrogen-bond acceptors (Lipinski definition) is 4. The molecule has 0 aliphatic carbocycles. The summed E-state index contributed by atoms with van der Waals surface area (Å²) in [5, 5.41) is 0. The Morgan fingerprint density at radius 1 is 1.25 bits per heavy atom. The lowest BCUT2D eigenvalue weighted by Crippen LogP contribution is -2.24. The van der Waals surface area contributed by atoms with Gasteiger partial charge in [0.1, 0.15) is 17.1 Å². The van der Waals surface area contributed by atoms with E-state index in [0.717, 1.165) is 11.9 Å². The molecule has 2 aromatic rings. The highest BCUT2D eigenvalue weighted by Gasteiger charge is 2.28. The molecular weight excluding hydrogens is 281 g/mol. The summed E-state index contributed by atoms with van der Waals surface area (Å²) in [5.41, 5.74) is 0.975. The minimum atomic E-state index is -3.76. The molecule has 1 aromatic heterocycles. The monoisotopic (exact) mass is 291 g/mol. The highest BCUT2D eigenvalue weighted by molar-refractivity contribution is 7.90. The molecule has 0 N–H and O–H groups in total. The Kier molecular flexibility index (Phi) is 2.79. The molecule has 0 saturated carbocycles. The molecule has 0 saturated heterocycles. The van der Waals surface area contributed by atoms with Crippen molar-refractivity contribution in [1.29, 1.82) is 0 Å². The molecule has 5 nitrogen and oxygen atoms in total. The summed E-state index contributed by atoms with van der Waals surface area (Å²) in [6.45, 7) is 1.77.